The minimum Gasteiger partial charge on any atom is -0.348 e. The summed E-state index contributed by atoms with van der Waals surface area (Å²) in [5, 5.41) is 3.99. The van der Waals surface area contributed by atoms with Crippen molar-refractivity contribution in [2.45, 2.75) is 12.6 Å². The summed E-state index contributed by atoms with van der Waals surface area (Å²) in [6.45, 7) is 1.65. The number of nitrogens with one attached hydrogen (secondary N) is 1. The minimum atomic E-state index is -0.234. The Hall–Kier alpha value is -2.18. The summed E-state index contributed by atoms with van der Waals surface area (Å²) in [6.07, 6.45) is 2.08. The predicted octanol–water partition coefficient (Wildman–Crippen LogP) is 5.19. The van der Waals surface area contributed by atoms with Crippen LogP contribution in [0.15, 0.2) is 71.3 Å². The van der Waals surface area contributed by atoms with Gasteiger partial charge in [-0.15, -0.1) is 0 Å². The van der Waals surface area contributed by atoms with E-state index in [1.54, 1.807) is 0 Å². The number of anilines is 1. The van der Waals surface area contributed by atoms with Crippen molar-refractivity contribution in [3.63, 3.8) is 0 Å². The first-order chi connectivity index (χ1) is 12.6. The van der Waals surface area contributed by atoms with Gasteiger partial charge < -0.3 is 14.8 Å². The maximum absolute atomic E-state index is 13.4. The Morgan fingerprint density at radius 1 is 1.04 bits per heavy atom. The van der Waals surface area contributed by atoms with Gasteiger partial charge in [0, 0.05) is 35.1 Å². The van der Waals surface area contributed by atoms with E-state index in [9.17, 15) is 4.39 Å². The van der Waals surface area contributed by atoms with Crippen molar-refractivity contribution >= 4 is 38.9 Å². The van der Waals surface area contributed by atoms with Crippen LogP contribution in [0.3, 0.4) is 0 Å². The molecule has 132 valence electrons. The number of aromatic nitrogens is 1. The molecule has 0 spiro atoms. The van der Waals surface area contributed by atoms with E-state index in [1.807, 2.05) is 42.5 Å². The zero-order valence-corrected chi connectivity index (χ0v) is 16.3. The van der Waals surface area contributed by atoms with Crippen LogP contribution in [0.2, 0.25) is 0 Å². The Bertz CT molecular complexity index is 921. The van der Waals surface area contributed by atoms with Crippen LogP contribution in [0.25, 0.3) is 0 Å². The highest BCUT2D eigenvalue weighted by Gasteiger charge is 2.30. The number of thiocarbonyl (C=S) groups is 1. The SMILES string of the molecule is Fc1ccc(C2c3cccn3CCN2C(=S)Nc2ccc(Br)cc2)cc1. The second-order valence-corrected chi connectivity index (χ2v) is 7.51. The largest absolute Gasteiger partial charge is 0.348 e. The summed E-state index contributed by atoms with van der Waals surface area (Å²) >= 11 is 9.16. The molecule has 0 aliphatic carbocycles. The zero-order chi connectivity index (χ0) is 18.1. The smallest absolute Gasteiger partial charge is 0.174 e. The van der Waals surface area contributed by atoms with Crippen molar-refractivity contribution in [1.29, 1.82) is 0 Å². The maximum atomic E-state index is 13.4. The van der Waals surface area contributed by atoms with E-state index in [-0.39, 0.29) is 11.9 Å². The summed E-state index contributed by atoms with van der Waals surface area (Å²) in [7, 11) is 0. The molecule has 0 fully saturated rings. The highest BCUT2D eigenvalue weighted by molar-refractivity contribution is 9.10. The quantitative estimate of drug-likeness (QED) is 0.565. The van der Waals surface area contributed by atoms with Crippen LogP contribution in [0, 0.1) is 5.82 Å². The van der Waals surface area contributed by atoms with Gasteiger partial charge in [-0.2, -0.15) is 0 Å². The van der Waals surface area contributed by atoms with Gasteiger partial charge in [0.15, 0.2) is 5.11 Å². The Balaban J connectivity index is 1.66. The first-order valence-corrected chi connectivity index (χ1v) is 9.55. The topological polar surface area (TPSA) is 20.2 Å². The van der Waals surface area contributed by atoms with Crippen LogP contribution in [0.1, 0.15) is 17.3 Å². The lowest BCUT2D eigenvalue weighted by molar-refractivity contribution is 0.293. The summed E-state index contributed by atoms with van der Waals surface area (Å²) in [5.74, 6) is -0.234. The van der Waals surface area contributed by atoms with Gasteiger partial charge >= 0.3 is 0 Å². The molecular weight excluding hydrogens is 413 g/mol. The van der Waals surface area contributed by atoms with Gasteiger partial charge in [0.2, 0.25) is 0 Å². The number of hydrogen-bond donors (Lipinski definition) is 1. The second kappa shape index (κ2) is 7.21. The van der Waals surface area contributed by atoms with Crippen LogP contribution >= 0.6 is 28.1 Å². The molecule has 1 N–H and O–H groups in total. The van der Waals surface area contributed by atoms with Gasteiger partial charge in [-0.1, -0.05) is 28.1 Å². The molecule has 0 saturated carbocycles. The molecule has 0 radical (unpaired) electrons. The molecule has 0 bridgehead atoms. The number of fused-ring (bicyclic) bond motifs is 1. The van der Waals surface area contributed by atoms with Gasteiger partial charge in [0.25, 0.3) is 0 Å². The second-order valence-electron chi connectivity index (χ2n) is 6.21. The van der Waals surface area contributed by atoms with Crippen molar-refractivity contribution in [3.8, 4) is 0 Å². The van der Waals surface area contributed by atoms with Gasteiger partial charge in [-0.05, 0) is 66.3 Å². The van der Waals surface area contributed by atoms with E-state index in [1.165, 1.54) is 12.1 Å². The van der Waals surface area contributed by atoms with Crippen molar-refractivity contribution in [2.24, 2.45) is 0 Å². The number of halogens is 2. The monoisotopic (exact) mass is 429 g/mol. The van der Waals surface area contributed by atoms with E-state index in [2.05, 4.69) is 43.0 Å². The molecule has 3 nitrogen and oxygen atoms in total. The normalized spacial score (nSPS) is 16.2. The Labute approximate surface area is 165 Å². The summed E-state index contributed by atoms with van der Waals surface area (Å²) in [4.78, 5) is 2.17. The van der Waals surface area contributed by atoms with Crippen molar-refractivity contribution in [1.82, 2.24) is 9.47 Å². The van der Waals surface area contributed by atoms with Crippen molar-refractivity contribution in [2.75, 3.05) is 11.9 Å². The molecule has 1 aliphatic heterocycles. The third-order valence-corrected chi connectivity index (χ3v) is 5.45. The highest BCUT2D eigenvalue weighted by atomic mass is 79.9. The molecule has 1 aromatic heterocycles. The first-order valence-electron chi connectivity index (χ1n) is 8.35. The van der Waals surface area contributed by atoms with E-state index in [0.717, 1.165) is 34.5 Å². The average molecular weight is 430 g/mol. The molecule has 1 atom stereocenters. The summed E-state index contributed by atoms with van der Waals surface area (Å²) in [5.41, 5.74) is 3.12. The van der Waals surface area contributed by atoms with Crippen LogP contribution in [0.4, 0.5) is 10.1 Å². The lowest BCUT2D eigenvalue weighted by Crippen LogP contribution is -2.44. The molecule has 6 heteroatoms. The fraction of sp³-hybridized carbons (Fsp3) is 0.150. The molecule has 2 heterocycles. The van der Waals surface area contributed by atoms with Crippen LogP contribution < -0.4 is 5.32 Å². The van der Waals surface area contributed by atoms with Crippen LogP contribution in [-0.2, 0) is 6.54 Å². The van der Waals surface area contributed by atoms with Crippen LogP contribution in [-0.4, -0.2) is 21.1 Å². The molecule has 4 rings (SSSR count). The maximum Gasteiger partial charge on any atom is 0.174 e. The Morgan fingerprint density at radius 2 is 1.77 bits per heavy atom. The molecular formula is C20H17BrFN3S. The summed E-state index contributed by atoms with van der Waals surface area (Å²) in [6, 6.07) is 18.7. The number of nitrogens with zero attached hydrogens (tertiary/aromatic N) is 2. The summed E-state index contributed by atoms with van der Waals surface area (Å²) < 4.78 is 16.7. The number of rotatable bonds is 2. The number of benzene rings is 2. The minimum absolute atomic E-state index is 0.0465. The highest BCUT2D eigenvalue weighted by Crippen LogP contribution is 2.33. The van der Waals surface area contributed by atoms with E-state index in [4.69, 9.17) is 12.2 Å². The number of hydrogen-bond acceptors (Lipinski definition) is 1. The third-order valence-electron chi connectivity index (χ3n) is 4.58. The first kappa shape index (κ1) is 17.2. The fourth-order valence-electron chi connectivity index (χ4n) is 3.33. The van der Waals surface area contributed by atoms with Gasteiger partial charge in [0.05, 0.1) is 6.04 Å². The molecule has 0 amide bonds. The van der Waals surface area contributed by atoms with Crippen molar-refractivity contribution in [3.05, 3.63) is 88.4 Å². The molecule has 1 unspecified atom stereocenters. The predicted molar refractivity (Wildman–Crippen MR) is 110 cm³/mol. The van der Waals surface area contributed by atoms with Gasteiger partial charge in [0.1, 0.15) is 5.82 Å². The van der Waals surface area contributed by atoms with E-state index < -0.39 is 0 Å². The molecule has 2 aromatic carbocycles. The Kier molecular flexibility index (Phi) is 4.78. The molecule has 0 saturated heterocycles. The average Bonchev–Trinajstić information content (AvgIpc) is 3.12. The Morgan fingerprint density at radius 3 is 2.50 bits per heavy atom. The fourth-order valence-corrected chi connectivity index (χ4v) is 3.91. The van der Waals surface area contributed by atoms with Crippen molar-refractivity contribution < 1.29 is 4.39 Å². The lowest BCUT2D eigenvalue weighted by Gasteiger charge is -2.39. The van der Waals surface area contributed by atoms with E-state index >= 15 is 0 Å². The van der Waals surface area contributed by atoms with Gasteiger partial charge in [-0.25, -0.2) is 4.39 Å². The lowest BCUT2D eigenvalue weighted by atomic mass is 10.0. The molecule has 26 heavy (non-hydrogen) atoms. The standard InChI is InChI=1S/C20H17BrFN3S/c21-15-5-9-17(10-6-15)23-20(26)25-13-12-24-11-1-2-18(24)19(25)14-3-7-16(22)8-4-14/h1-11,19H,12-13H2,(H,23,26). The van der Waals surface area contributed by atoms with Gasteiger partial charge in [-0.3, -0.25) is 0 Å². The molecule has 3 aromatic rings. The van der Waals surface area contributed by atoms with E-state index in [0.29, 0.717) is 5.11 Å². The molecule has 1 aliphatic rings. The van der Waals surface area contributed by atoms with Crippen LogP contribution in [0.5, 0.6) is 0 Å². The third kappa shape index (κ3) is 3.39. The zero-order valence-electron chi connectivity index (χ0n) is 13.9.